The molecular weight excluding hydrogens is 349 g/mol. The molecule has 1 aromatic carbocycles. The van der Waals surface area contributed by atoms with Gasteiger partial charge >= 0.3 is 6.36 Å². The van der Waals surface area contributed by atoms with Gasteiger partial charge in [0.05, 0.1) is 6.10 Å². The number of ether oxygens (including phenoxy) is 2. The second kappa shape index (κ2) is 8.55. The Labute approximate surface area is 144 Å². The molecule has 2 rings (SSSR count). The molecule has 1 aliphatic heterocycles. The Morgan fingerprint density at radius 2 is 1.96 bits per heavy atom. The van der Waals surface area contributed by atoms with Crippen LogP contribution >= 0.6 is 12.4 Å². The fourth-order valence-electron chi connectivity index (χ4n) is 2.45. The van der Waals surface area contributed by atoms with E-state index >= 15 is 0 Å². The molecule has 0 unspecified atom stereocenters. The predicted octanol–water partition coefficient (Wildman–Crippen LogP) is 2.47. The second-order valence-electron chi connectivity index (χ2n) is 5.45. The number of alkyl halides is 3. The predicted molar refractivity (Wildman–Crippen MR) is 83.8 cm³/mol. The van der Waals surface area contributed by atoms with Crippen molar-refractivity contribution in [3.63, 3.8) is 0 Å². The maximum Gasteiger partial charge on any atom is 0.573 e. The molecule has 24 heavy (non-hydrogen) atoms. The lowest BCUT2D eigenvalue weighted by Crippen LogP contribution is -2.36. The van der Waals surface area contributed by atoms with Crippen LogP contribution < -0.4 is 10.5 Å². The fourth-order valence-corrected chi connectivity index (χ4v) is 2.45. The summed E-state index contributed by atoms with van der Waals surface area (Å²) in [6.07, 6.45) is -3.92. The van der Waals surface area contributed by atoms with E-state index in [1.807, 2.05) is 0 Å². The van der Waals surface area contributed by atoms with Crippen LogP contribution in [0.15, 0.2) is 24.3 Å². The summed E-state index contributed by atoms with van der Waals surface area (Å²) in [5.41, 5.74) is 6.21. The van der Waals surface area contributed by atoms with Gasteiger partial charge in [-0.15, -0.1) is 25.6 Å². The number of benzene rings is 1. The molecule has 1 aromatic rings. The smallest absolute Gasteiger partial charge is 0.406 e. The zero-order valence-electron chi connectivity index (χ0n) is 13.1. The Bertz CT molecular complexity index is 540. The summed E-state index contributed by atoms with van der Waals surface area (Å²) in [6, 6.07) is 5.42. The lowest BCUT2D eigenvalue weighted by atomic mass is 10.1. The van der Waals surface area contributed by atoms with Gasteiger partial charge in [0.15, 0.2) is 0 Å². The highest BCUT2D eigenvalue weighted by Gasteiger charge is 2.32. The molecule has 2 N–H and O–H groups in total. The third-order valence-electron chi connectivity index (χ3n) is 3.60. The number of hydrogen-bond donors (Lipinski definition) is 1. The van der Waals surface area contributed by atoms with Gasteiger partial charge in [0.1, 0.15) is 11.9 Å². The van der Waals surface area contributed by atoms with E-state index in [1.165, 1.54) is 29.2 Å². The van der Waals surface area contributed by atoms with E-state index < -0.39 is 12.5 Å². The summed E-state index contributed by atoms with van der Waals surface area (Å²) in [6.45, 7) is 0.659. The SMILES string of the molecule is CN(Cc1ccc(OC(F)(F)F)cc1)C(=O)[C@@H]1CC[C@H](CN)O1.Cl. The Balaban J connectivity index is 0.00000288. The number of nitrogens with two attached hydrogens (primary N) is 1. The minimum atomic E-state index is -4.71. The van der Waals surface area contributed by atoms with Crippen molar-refractivity contribution >= 4 is 18.3 Å². The topological polar surface area (TPSA) is 64.8 Å². The van der Waals surface area contributed by atoms with Crippen LogP contribution in [0.2, 0.25) is 0 Å². The monoisotopic (exact) mass is 368 g/mol. The van der Waals surface area contributed by atoms with Gasteiger partial charge in [-0.05, 0) is 30.5 Å². The maximum absolute atomic E-state index is 12.3. The molecule has 9 heteroatoms. The molecule has 5 nitrogen and oxygen atoms in total. The first-order chi connectivity index (χ1) is 10.8. The first kappa shape index (κ1) is 20.5. The summed E-state index contributed by atoms with van der Waals surface area (Å²) in [5, 5.41) is 0. The molecule has 1 fully saturated rings. The van der Waals surface area contributed by atoms with Crippen molar-refractivity contribution in [2.24, 2.45) is 5.73 Å². The number of likely N-dealkylation sites (N-methyl/N-ethyl adjacent to an activating group) is 1. The van der Waals surface area contributed by atoms with Crippen molar-refractivity contribution in [2.45, 2.75) is 38.0 Å². The fraction of sp³-hybridized carbons (Fsp3) is 0.533. The molecule has 1 aliphatic rings. The van der Waals surface area contributed by atoms with Crippen LogP contribution in [0.5, 0.6) is 5.75 Å². The summed E-state index contributed by atoms with van der Waals surface area (Å²) < 4.78 is 45.6. The molecule has 2 atom stereocenters. The van der Waals surface area contributed by atoms with Gasteiger partial charge in [0, 0.05) is 20.1 Å². The van der Waals surface area contributed by atoms with Gasteiger partial charge in [-0.25, -0.2) is 0 Å². The van der Waals surface area contributed by atoms with Gasteiger partial charge in [0.2, 0.25) is 0 Å². The van der Waals surface area contributed by atoms with E-state index in [0.717, 1.165) is 6.42 Å². The van der Waals surface area contributed by atoms with Gasteiger partial charge < -0.3 is 20.1 Å². The van der Waals surface area contributed by atoms with Gasteiger partial charge in [-0.3, -0.25) is 4.79 Å². The number of nitrogens with zero attached hydrogens (tertiary/aromatic N) is 1. The van der Waals surface area contributed by atoms with Crippen LogP contribution in [0.3, 0.4) is 0 Å². The lowest BCUT2D eigenvalue weighted by molar-refractivity contribution is -0.274. The summed E-state index contributed by atoms with van der Waals surface area (Å²) in [5.74, 6) is -0.447. The molecule has 1 amide bonds. The van der Waals surface area contributed by atoms with Crippen LogP contribution in [0.1, 0.15) is 18.4 Å². The van der Waals surface area contributed by atoms with E-state index in [-0.39, 0.29) is 36.7 Å². The molecule has 1 saturated heterocycles. The van der Waals surface area contributed by atoms with E-state index in [1.54, 1.807) is 7.05 Å². The molecule has 1 heterocycles. The zero-order valence-corrected chi connectivity index (χ0v) is 13.9. The van der Waals surface area contributed by atoms with E-state index in [0.29, 0.717) is 18.5 Å². The highest BCUT2D eigenvalue weighted by molar-refractivity contribution is 5.85. The first-order valence-corrected chi connectivity index (χ1v) is 7.23. The number of halogens is 4. The molecular formula is C15H20ClF3N2O3. The summed E-state index contributed by atoms with van der Waals surface area (Å²) in [7, 11) is 1.63. The minimum Gasteiger partial charge on any atom is -0.406 e. The Hall–Kier alpha value is -1.51. The number of carbonyl (C=O) groups is 1. The molecule has 0 aromatic heterocycles. The van der Waals surface area contributed by atoms with Gasteiger partial charge in [0.25, 0.3) is 5.91 Å². The van der Waals surface area contributed by atoms with Crippen LogP contribution in [0, 0.1) is 0 Å². The van der Waals surface area contributed by atoms with Gasteiger partial charge in [-0.2, -0.15) is 0 Å². The number of rotatable bonds is 5. The lowest BCUT2D eigenvalue weighted by Gasteiger charge is -2.21. The van der Waals surface area contributed by atoms with Crippen molar-refractivity contribution in [1.82, 2.24) is 4.90 Å². The third kappa shape index (κ3) is 5.85. The molecule has 136 valence electrons. The molecule has 0 saturated carbocycles. The van der Waals surface area contributed by atoms with Crippen molar-refractivity contribution < 1.29 is 27.4 Å². The van der Waals surface area contributed by atoms with Crippen LogP contribution in [0.4, 0.5) is 13.2 Å². The van der Waals surface area contributed by atoms with E-state index in [2.05, 4.69) is 4.74 Å². The molecule has 0 bridgehead atoms. The van der Waals surface area contributed by atoms with Crippen molar-refractivity contribution in [1.29, 1.82) is 0 Å². The maximum atomic E-state index is 12.3. The summed E-state index contributed by atoms with van der Waals surface area (Å²) >= 11 is 0. The third-order valence-corrected chi connectivity index (χ3v) is 3.60. The quantitative estimate of drug-likeness (QED) is 0.867. The first-order valence-electron chi connectivity index (χ1n) is 7.23. The average Bonchev–Trinajstić information content (AvgIpc) is 2.96. The minimum absolute atomic E-state index is 0. The summed E-state index contributed by atoms with van der Waals surface area (Å²) in [4.78, 5) is 13.7. The standard InChI is InChI=1S/C15H19F3N2O3.ClH/c1-20(14(21)13-7-6-12(8-19)22-13)9-10-2-4-11(5-3-10)23-15(16,17)18;/h2-5,12-13H,6-9,19H2,1H3;1H/t12-,13+;/m1./s1. The van der Waals surface area contributed by atoms with E-state index in [4.69, 9.17) is 10.5 Å². The highest BCUT2D eigenvalue weighted by Crippen LogP contribution is 2.24. The van der Waals surface area contributed by atoms with Crippen molar-refractivity contribution in [2.75, 3.05) is 13.6 Å². The Kier molecular flexibility index (Phi) is 7.31. The molecule has 0 radical (unpaired) electrons. The van der Waals surface area contributed by atoms with Crippen LogP contribution in [0.25, 0.3) is 0 Å². The average molecular weight is 369 g/mol. The number of hydrogen-bond acceptors (Lipinski definition) is 4. The normalized spacial score (nSPS) is 20.4. The van der Waals surface area contributed by atoms with Crippen LogP contribution in [-0.4, -0.2) is 43.0 Å². The van der Waals surface area contributed by atoms with Crippen LogP contribution in [-0.2, 0) is 16.1 Å². The van der Waals surface area contributed by atoms with E-state index in [9.17, 15) is 18.0 Å². The second-order valence-corrected chi connectivity index (χ2v) is 5.45. The molecule has 0 aliphatic carbocycles. The number of carbonyl (C=O) groups excluding carboxylic acids is 1. The van der Waals surface area contributed by atoms with Gasteiger partial charge in [-0.1, -0.05) is 12.1 Å². The van der Waals surface area contributed by atoms with Crippen molar-refractivity contribution in [3.05, 3.63) is 29.8 Å². The number of amides is 1. The highest BCUT2D eigenvalue weighted by atomic mass is 35.5. The Morgan fingerprint density at radius 1 is 1.33 bits per heavy atom. The molecule has 0 spiro atoms. The largest absolute Gasteiger partial charge is 0.573 e. The van der Waals surface area contributed by atoms with Crippen molar-refractivity contribution in [3.8, 4) is 5.75 Å². The Morgan fingerprint density at radius 3 is 2.46 bits per heavy atom. The zero-order chi connectivity index (χ0) is 17.0.